The van der Waals surface area contributed by atoms with Gasteiger partial charge in [0, 0.05) is 10.4 Å². The number of nitrogens with one attached hydrogen (secondary N) is 1. The molecule has 21 heavy (non-hydrogen) atoms. The maximum absolute atomic E-state index is 13.0. The fraction of sp³-hybridized carbons (Fsp3) is 0.188. The number of amides is 1. The van der Waals surface area contributed by atoms with Crippen LogP contribution in [0.25, 0.3) is 0 Å². The number of hydrogen-bond donors (Lipinski definition) is 2. The van der Waals surface area contributed by atoms with E-state index in [9.17, 15) is 9.18 Å². The summed E-state index contributed by atoms with van der Waals surface area (Å²) in [5.41, 5.74) is 6.42. The van der Waals surface area contributed by atoms with E-state index in [2.05, 4.69) is 17.2 Å². The molecule has 0 bridgehead atoms. The van der Waals surface area contributed by atoms with Crippen molar-refractivity contribution in [3.05, 3.63) is 57.0 Å². The Morgan fingerprint density at radius 3 is 2.90 bits per heavy atom. The van der Waals surface area contributed by atoms with E-state index in [1.165, 1.54) is 29.5 Å². The summed E-state index contributed by atoms with van der Waals surface area (Å²) in [4.78, 5) is 14.0. The molecular weight excluding hydrogens is 287 g/mol. The molecule has 0 fully saturated rings. The predicted molar refractivity (Wildman–Crippen MR) is 82.6 cm³/mol. The number of nitrogens with two attached hydrogens (primary N) is 1. The second-order valence-electron chi connectivity index (χ2n) is 4.41. The Balaban J connectivity index is 1.99. The van der Waals surface area contributed by atoms with Gasteiger partial charge in [-0.05, 0) is 42.8 Å². The smallest absolute Gasteiger partial charge is 0.251 e. The van der Waals surface area contributed by atoms with E-state index in [-0.39, 0.29) is 11.7 Å². The molecule has 1 aromatic heterocycles. The van der Waals surface area contributed by atoms with E-state index >= 15 is 0 Å². The predicted octanol–water partition coefficient (Wildman–Crippen LogP) is 2.44. The van der Waals surface area contributed by atoms with Crippen molar-refractivity contribution in [2.45, 2.75) is 13.5 Å². The van der Waals surface area contributed by atoms with Crippen LogP contribution in [0.3, 0.4) is 0 Å². The molecule has 1 heterocycles. The second kappa shape index (κ2) is 7.02. The first-order valence-electron chi connectivity index (χ1n) is 6.42. The van der Waals surface area contributed by atoms with Crippen molar-refractivity contribution in [3.63, 3.8) is 0 Å². The third kappa shape index (κ3) is 4.15. The van der Waals surface area contributed by atoms with Crippen molar-refractivity contribution >= 4 is 17.2 Å². The molecule has 3 N–H and O–H groups in total. The first-order valence-corrected chi connectivity index (χ1v) is 7.24. The van der Waals surface area contributed by atoms with Crippen LogP contribution in [0.5, 0.6) is 0 Å². The van der Waals surface area contributed by atoms with Gasteiger partial charge < -0.3 is 11.1 Å². The van der Waals surface area contributed by atoms with Gasteiger partial charge in [0.25, 0.3) is 5.91 Å². The highest BCUT2D eigenvalue weighted by atomic mass is 32.1. The summed E-state index contributed by atoms with van der Waals surface area (Å²) >= 11 is 1.51. The minimum atomic E-state index is -0.342. The molecule has 1 amide bonds. The summed E-state index contributed by atoms with van der Waals surface area (Å²) in [7, 11) is 0. The SMILES string of the molecule is Cc1cc(F)ccc1C(=O)NCc1ccc(C#CCN)s1. The van der Waals surface area contributed by atoms with Crippen molar-refractivity contribution in [3.8, 4) is 11.8 Å². The molecule has 0 unspecified atom stereocenters. The Labute approximate surface area is 127 Å². The van der Waals surface area contributed by atoms with Gasteiger partial charge in [0.15, 0.2) is 0 Å². The van der Waals surface area contributed by atoms with Crippen LogP contribution < -0.4 is 11.1 Å². The van der Waals surface area contributed by atoms with Crippen LogP contribution in [-0.2, 0) is 6.54 Å². The lowest BCUT2D eigenvalue weighted by Gasteiger charge is -2.06. The molecule has 0 aliphatic heterocycles. The minimum absolute atomic E-state index is 0.213. The van der Waals surface area contributed by atoms with Crippen molar-refractivity contribution in [2.75, 3.05) is 6.54 Å². The van der Waals surface area contributed by atoms with Gasteiger partial charge in [0.05, 0.1) is 18.0 Å². The lowest BCUT2D eigenvalue weighted by Crippen LogP contribution is -2.23. The summed E-state index contributed by atoms with van der Waals surface area (Å²) in [6.07, 6.45) is 0. The Morgan fingerprint density at radius 1 is 1.38 bits per heavy atom. The number of carbonyl (C=O) groups excluding carboxylic acids is 1. The Hall–Kier alpha value is -2.16. The van der Waals surface area contributed by atoms with E-state index in [0.717, 1.165) is 9.75 Å². The zero-order chi connectivity index (χ0) is 15.2. The average Bonchev–Trinajstić information content (AvgIpc) is 2.90. The minimum Gasteiger partial charge on any atom is -0.347 e. The van der Waals surface area contributed by atoms with Gasteiger partial charge in [-0.25, -0.2) is 4.39 Å². The fourth-order valence-electron chi connectivity index (χ4n) is 1.82. The fourth-order valence-corrected chi connectivity index (χ4v) is 2.64. The number of thiophene rings is 1. The van der Waals surface area contributed by atoms with E-state index < -0.39 is 0 Å². The molecule has 0 radical (unpaired) electrons. The van der Waals surface area contributed by atoms with Crippen LogP contribution in [0.2, 0.25) is 0 Å². The van der Waals surface area contributed by atoms with Gasteiger partial charge in [-0.3, -0.25) is 4.79 Å². The van der Waals surface area contributed by atoms with Crippen LogP contribution in [0.15, 0.2) is 30.3 Å². The molecule has 0 aliphatic rings. The topological polar surface area (TPSA) is 55.1 Å². The van der Waals surface area contributed by atoms with Crippen LogP contribution in [0.4, 0.5) is 4.39 Å². The summed E-state index contributed by atoms with van der Waals surface area (Å²) in [5.74, 6) is 5.18. The van der Waals surface area contributed by atoms with E-state index in [0.29, 0.717) is 24.2 Å². The Kier molecular flexibility index (Phi) is 5.09. The largest absolute Gasteiger partial charge is 0.347 e. The lowest BCUT2D eigenvalue weighted by atomic mass is 10.1. The third-order valence-electron chi connectivity index (χ3n) is 2.83. The Morgan fingerprint density at radius 2 is 2.19 bits per heavy atom. The molecule has 2 rings (SSSR count). The van der Waals surface area contributed by atoms with E-state index in [1.54, 1.807) is 6.92 Å². The summed E-state index contributed by atoms with van der Waals surface area (Å²) in [6, 6.07) is 7.95. The van der Waals surface area contributed by atoms with Crippen molar-refractivity contribution in [1.29, 1.82) is 0 Å². The molecule has 0 aliphatic carbocycles. The van der Waals surface area contributed by atoms with Gasteiger partial charge in [-0.15, -0.1) is 11.3 Å². The van der Waals surface area contributed by atoms with Gasteiger partial charge in [-0.1, -0.05) is 11.8 Å². The molecule has 0 atom stereocenters. The first kappa shape index (κ1) is 15.2. The summed E-state index contributed by atoms with van der Waals surface area (Å²) < 4.78 is 13.0. The van der Waals surface area contributed by atoms with Gasteiger partial charge in [0.2, 0.25) is 0 Å². The van der Waals surface area contributed by atoms with E-state index in [4.69, 9.17) is 5.73 Å². The highest BCUT2D eigenvalue weighted by Crippen LogP contribution is 2.16. The van der Waals surface area contributed by atoms with Crippen molar-refractivity contribution in [2.24, 2.45) is 5.73 Å². The maximum atomic E-state index is 13.0. The van der Waals surface area contributed by atoms with E-state index in [1.807, 2.05) is 12.1 Å². The molecule has 3 nitrogen and oxygen atoms in total. The highest BCUT2D eigenvalue weighted by molar-refractivity contribution is 7.12. The standard InChI is InChI=1S/C16H15FN2OS/c1-11-9-12(17)4-7-15(11)16(20)19-10-14-6-5-13(21-14)3-2-8-18/h4-7,9H,8,10,18H2,1H3,(H,19,20). The second-order valence-corrected chi connectivity index (χ2v) is 5.58. The van der Waals surface area contributed by atoms with Gasteiger partial charge in [-0.2, -0.15) is 0 Å². The zero-order valence-electron chi connectivity index (χ0n) is 11.6. The quantitative estimate of drug-likeness (QED) is 0.856. The van der Waals surface area contributed by atoms with Crippen LogP contribution >= 0.6 is 11.3 Å². The number of carbonyl (C=O) groups is 1. The molecule has 1 aromatic carbocycles. The molecule has 2 aromatic rings. The molecule has 108 valence electrons. The molecular formula is C16H15FN2OS. The lowest BCUT2D eigenvalue weighted by molar-refractivity contribution is 0.0950. The van der Waals surface area contributed by atoms with Gasteiger partial charge >= 0.3 is 0 Å². The molecule has 0 saturated heterocycles. The number of benzene rings is 1. The summed E-state index contributed by atoms with van der Waals surface area (Å²) in [6.45, 7) is 2.46. The zero-order valence-corrected chi connectivity index (χ0v) is 12.4. The normalized spacial score (nSPS) is 9.86. The van der Waals surface area contributed by atoms with Crippen LogP contribution in [0, 0.1) is 24.6 Å². The number of rotatable bonds is 3. The number of halogens is 1. The Bertz CT molecular complexity index is 713. The van der Waals surface area contributed by atoms with Crippen LogP contribution in [-0.4, -0.2) is 12.5 Å². The number of hydrogen-bond acceptors (Lipinski definition) is 3. The summed E-state index contributed by atoms with van der Waals surface area (Å²) in [5, 5.41) is 2.82. The van der Waals surface area contributed by atoms with Gasteiger partial charge in [0.1, 0.15) is 5.82 Å². The third-order valence-corrected chi connectivity index (χ3v) is 3.83. The maximum Gasteiger partial charge on any atom is 0.251 e. The van der Waals surface area contributed by atoms with Crippen LogP contribution in [0.1, 0.15) is 25.7 Å². The average molecular weight is 302 g/mol. The molecule has 0 saturated carbocycles. The first-order chi connectivity index (χ1) is 10.1. The highest BCUT2D eigenvalue weighted by Gasteiger charge is 2.09. The van der Waals surface area contributed by atoms with Crippen molar-refractivity contribution in [1.82, 2.24) is 5.32 Å². The molecule has 5 heteroatoms. The van der Waals surface area contributed by atoms with Crippen molar-refractivity contribution < 1.29 is 9.18 Å². The molecule has 0 spiro atoms. The number of aryl methyl sites for hydroxylation is 1. The monoisotopic (exact) mass is 302 g/mol.